The zero-order valence-corrected chi connectivity index (χ0v) is 18.4. The molecule has 0 radical (unpaired) electrons. The fourth-order valence-corrected chi connectivity index (χ4v) is 4.61. The summed E-state index contributed by atoms with van der Waals surface area (Å²) in [6, 6.07) is 9.92. The van der Waals surface area contributed by atoms with E-state index in [1.165, 1.54) is 12.1 Å². The van der Waals surface area contributed by atoms with Gasteiger partial charge in [0.1, 0.15) is 0 Å². The van der Waals surface area contributed by atoms with E-state index >= 15 is 0 Å². The lowest BCUT2D eigenvalue weighted by Gasteiger charge is -2.15. The van der Waals surface area contributed by atoms with Crippen LogP contribution >= 0.6 is 11.6 Å². The highest BCUT2D eigenvalue weighted by Gasteiger charge is 2.20. The molecule has 8 heteroatoms. The maximum Gasteiger partial charge on any atom is 0.252 e. The molecule has 3 aromatic rings. The molecule has 29 heavy (non-hydrogen) atoms. The molecule has 6 nitrogen and oxygen atoms in total. The molecule has 0 saturated heterocycles. The zero-order valence-electron chi connectivity index (χ0n) is 16.8. The molecule has 0 bridgehead atoms. The van der Waals surface area contributed by atoms with Gasteiger partial charge in [0.2, 0.25) is 10.0 Å². The van der Waals surface area contributed by atoms with Gasteiger partial charge < -0.3 is 9.88 Å². The monoisotopic (exact) mass is 433 g/mol. The molecular weight excluding hydrogens is 410 g/mol. The van der Waals surface area contributed by atoms with Crippen molar-refractivity contribution in [2.24, 2.45) is 7.05 Å². The number of nitrogens with zero attached hydrogens (tertiary/aromatic N) is 1. The predicted octanol–water partition coefficient (Wildman–Crippen LogP) is 3.93. The number of benzene rings is 2. The van der Waals surface area contributed by atoms with Gasteiger partial charge in [0.15, 0.2) is 0 Å². The Balaban J connectivity index is 1.91. The number of rotatable bonds is 6. The average Bonchev–Trinajstić information content (AvgIpc) is 2.98. The van der Waals surface area contributed by atoms with Gasteiger partial charge in [-0.25, -0.2) is 13.1 Å². The zero-order chi connectivity index (χ0) is 21.3. The largest absolute Gasteiger partial charge is 0.350 e. The minimum Gasteiger partial charge on any atom is -0.350 e. The first-order valence-electron chi connectivity index (χ1n) is 9.29. The van der Waals surface area contributed by atoms with Crippen LogP contribution in [0.4, 0.5) is 0 Å². The summed E-state index contributed by atoms with van der Waals surface area (Å²) in [5.41, 5.74) is 2.97. The first kappa shape index (κ1) is 21.4. The molecule has 1 amide bonds. The van der Waals surface area contributed by atoms with Gasteiger partial charge >= 0.3 is 0 Å². The van der Waals surface area contributed by atoms with Gasteiger partial charge in [-0.2, -0.15) is 0 Å². The predicted molar refractivity (Wildman–Crippen MR) is 116 cm³/mol. The van der Waals surface area contributed by atoms with E-state index in [1.54, 1.807) is 19.9 Å². The number of hydrogen-bond donors (Lipinski definition) is 2. The second kappa shape index (κ2) is 8.18. The molecule has 1 unspecified atom stereocenters. The Morgan fingerprint density at radius 2 is 1.93 bits per heavy atom. The minimum atomic E-state index is -3.64. The maximum atomic E-state index is 12.9. The van der Waals surface area contributed by atoms with E-state index in [0.29, 0.717) is 16.1 Å². The Hall–Kier alpha value is -2.35. The number of hydrogen-bond acceptors (Lipinski definition) is 3. The fourth-order valence-electron chi connectivity index (χ4n) is 3.37. The Kier molecular flexibility index (Phi) is 6.03. The summed E-state index contributed by atoms with van der Waals surface area (Å²) in [7, 11) is -1.71. The van der Waals surface area contributed by atoms with Crippen molar-refractivity contribution >= 4 is 38.4 Å². The number of halogens is 1. The Labute approximate surface area is 175 Å². The maximum absolute atomic E-state index is 12.9. The van der Waals surface area contributed by atoms with Crippen molar-refractivity contribution in [2.75, 3.05) is 6.54 Å². The number of amides is 1. The van der Waals surface area contributed by atoms with Gasteiger partial charge in [-0.05, 0) is 49.2 Å². The topological polar surface area (TPSA) is 80.2 Å². The third-order valence-corrected chi connectivity index (χ3v) is 6.67. The molecule has 1 heterocycles. The van der Waals surface area contributed by atoms with Crippen LogP contribution in [0.15, 0.2) is 47.5 Å². The quantitative estimate of drug-likeness (QED) is 0.618. The third-order valence-electron chi connectivity index (χ3n) is 4.90. The number of aromatic nitrogens is 1. The molecule has 1 aromatic heterocycles. The molecule has 2 N–H and O–H groups in total. The van der Waals surface area contributed by atoms with Crippen molar-refractivity contribution in [3.05, 3.63) is 64.3 Å². The van der Waals surface area contributed by atoms with Crippen LogP contribution < -0.4 is 10.0 Å². The number of sulfonamides is 1. The Bertz CT molecular complexity index is 1190. The lowest BCUT2D eigenvalue weighted by atomic mass is 10.0. The molecule has 0 saturated carbocycles. The van der Waals surface area contributed by atoms with Gasteiger partial charge in [-0.15, -0.1) is 0 Å². The molecule has 0 aliphatic heterocycles. The van der Waals surface area contributed by atoms with Crippen molar-refractivity contribution in [2.45, 2.75) is 31.7 Å². The van der Waals surface area contributed by atoms with E-state index in [-0.39, 0.29) is 23.4 Å². The lowest BCUT2D eigenvalue weighted by Crippen LogP contribution is -2.28. The highest BCUT2D eigenvalue weighted by molar-refractivity contribution is 7.89. The van der Waals surface area contributed by atoms with Gasteiger partial charge in [0.05, 0.1) is 10.9 Å². The van der Waals surface area contributed by atoms with Crippen LogP contribution in [0.25, 0.3) is 10.9 Å². The summed E-state index contributed by atoms with van der Waals surface area (Å²) in [4.78, 5) is 13.0. The van der Waals surface area contributed by atoms with Gasteiger partial charge in [-0.3, -0.25) is 4.79 Å². The smallest absolute Gasteiger partial charge is 0.252 e. The van der Waals surface area contributed by atoms with Crippen molar-refractivity contribution in [3.63, 3.8) is 0 Å². The molecule has 0 aliphatic carbocycles. The van der Waals surface area contributed by atoms with Crippen LogP contribution in [-0.4, -0.2) is 25.4 Å². The number of carbonyl (C=O) groups excluding carboxylic acids is 1. The first-order valence-corrected chi connectivity index (χ1v) is 11.2. The Morgan fingerprint density at radius 1 is 1.21 bits per heavy atom. The molecule has 1 atom stereocenters. The summed E-state index contributed by atoms with van der Waals surface area (Å²) in [6.45, 7) is 5.66. The summed E-state index contributed by atoms with van der Waals surface area (Å²) in [5, 5.41) is 4.64. The summed E-state index contributed by atoms with van der Waals surface area (Å²) < 4.78 is 29.0. The summed E-state index contributed by atoms with van der Waals surface area (Å²) in [6.07, 6.45) is 1.96. The van der Waals surface area contributed by atoms with Crippen LogP contribution in [0, 0.1) is 6.92 Å². The molecule has 0 aliphatic rings. The van der Waals surface area contributed by atoms with E-state index in [9.17, 15) is 13.2 Å². The van der Waals surface area contributed by atoms with E-state index in [0.717, 1.165) is 16.5 Å². The number of aryl methyl sites for hydroxylation is 2. The van der Waals surface area contributed by atoms with Crippen LogP contribution in [0.2, 0.25) is 5.02 Å². The number of fused-ring (bicyclic) bond motifs is 1. The molecular formula is C21H24ClN3O3S. The highest BCUT2D eigenvalue weighted by Crippen LogP contribution is 2.28. The van der Waals surface area contributed by atoms with E-state index in [1.807, 2.05) is 42.9 Å². The van der Waals surface area contributed by atoms with Gasteiger partial charge in [0, 0.05) is 41.3 Å². The van der Waals surface area contributed by atoms with Crippen molar-refractivity contribution in [1.29, 1.82) is 0 Å². The van der Waals surface area contributed by atoms with Crippen LogP contribution in [0.1, 0.15) is 41.4 Å². The summed E-state index contributed by atoms with van der Waals surface area (Å²) in [5.74, 6) is -0.325. The number of carbonyl (C=O) groups is 1. The highest BCUT2D eigenvalue weighted by atomic mass is 35.5. The van der Waals surface area contributed by atoms with Crippen LogP contribution in [0.3, 0.4) is 0 Å². The van der Waals surface area contributed by atoms with E-state index in [4.69, 9.17) is 11.6 Å². The average molecular weight is 434 g/mol. The number of nitrogens with one attached hydrogen (secondary N) is 2. The van der Waals surface area contributed by atoms with E-state index in [2.05, 4.69) is 10.0 Å². The normalized spacial score (nSPS) is 12.9. The van der Waals surface area contributed by atoms with Crippen LogP contribution in [0.5, 0.6) is 0 Å². The fraction of sp³-hybridized carbons (Fsp3) is 0.286. The molecule has 2 aromatic carbocycles. The standard InChI is InChI=1S/C21H24ClN3O3S/c1-5-23-29(27,28)16-8-6-13(2)18(11-16)21(26)24-14(3)19-12-25(4)20-10-15(22)7-9-17(19)20/h6-12,14,23H,5H2,1-4H3,(H,24,26). The first-order chi connectivity index (χ1) is 13.6. The SMILES string of the molecule is CCNS(=O)(=O)c1ccc(C)c(C(=O)NC(C)c2cn(C)c3cc(Cl)ccc23)c1. The Morgan fingerprint density at radius 3 is 2.62 bits per heavy atom. The van der Waals surface area contributed by atoms with Gasteiger partial charge in [-0.1, -0.05) is 30.7 Å². The second-order valence-corrected chi connectivity index (χ2v) is 9.23. The third kappa shape index (κ3) is 4.32. The van der Waals surface area contributed by atoms with E-state index < -0.39 is 10.0 Å². The molecule has 0 spiro atoms. The van der Waals surface area contributed by atoms with Crippen molar-refractivity contribution in [1.82, 2.24) is 14.6 Å². The lowest BCUT2D eigenvalue weighted by molar-refractivity contribution is 0.0939. The van der Waals surface area contributed by atoms with Crippen molar-refractivity contribution < 1.29 is 13.2 Å². The second-order valence-electron chi connectivity index (χ2n) is 7.03. The van der Waals surface area contributed by atoms with Crippen molar-refractivity contribution in [3.8, 4) is 0 Å². The van der Waals surface area contributed by atoms with Gasteiger partial charge in [0.25, 0.3) is 5.91 Å². The van der Waals surface area contributed by atoms with Crippen LogP contribution in [-0.2, 0) is 17.1 Å². The molecule has 154 valence electrons. The molecule has 3 rings (SSSR count). The summed E-state index contributed by atoms with van der Waals surface area (Å²) >= 11 is 6.10. The molecule has 0 fully saturated rings. The minimum absolute atomic E-state index is 0.0718.